The topological polar surface area (TPSA) is 42.3 Å². The molecule has 206 valence electrons. The van der Waals surface area contributed by atoms with Crippen LogP contribution in [0.2, 0.25) is 0 Å². The summed E-state index contributed by atoms with van der Waals surface area (Å²) in [5.41, 5.74) is 7.56. The van der Waals surface area contributed by atoms with Gasteiger partial charge in [-0.15, -0.1) is 0 Å². The molecular weight excluding hydrogens is 480 g/mol. The predicted molar refractivity (Wildman–Crippen MR) is 163 cm³/mol. The van der Waals surface area contributed by atoms with Gasteiger partial charge in [0, 0.05) is 50.9 Å². The molecule has 39 heavy (non-hydrogen) atoms. The quantitative estimate of drug-likeness (QED) is 0.251. The molecule has 0 spiro atoms. The Morgan fingerprint density at radius 2 is 1.56 bits per heavy atom. The Kier molecular flexibility index (Phi) is 8.69. The molecule has 4 aromatic rings. The third-order valence-electron chi connectivity index (χ3n) is 7.78. The summed E-state index contributed by atoms with van der Waals surface area (Å²) in [5.74, 6) is 1.96. The first-order valence-electron chi connectivity index (χ1n) is 14.7. The Labute approximate surface area is 234 Å². The Hall–Kier alpha value is -3.15. The van der Waals surface area contributed by atoms with Crippen LogP contribution >= 0.6 is 0 Å². The molecule has 0 amide bonds. The number of aryl methyl sites for hydroxylation is 1. The summed E-state index contributed by atoms with van der Waals surface area (Å²) in [5, 5.41) is 3.41. The van der Waals surface area contributed by atoms with E-state index < -0.39 is 0 Å². The van der Waals surface area contributed by atoms with E-state index in [4.69, 9.17) is 9.72 Å². The number of piperazine rings is 1. The number of fused-ring (bicyclic) bond motifs is 1. The zero-order valence-electron chi connectivity index (χ0n) is 24.2. The number of imidazole rings is 1. The van der Waals surface area contributed by atoms with E-state index in [9.17, 15) is 0 Å². The zero-order valence-corrected chi connectivity index (χ0v) is 24.2. The van der Waals surface area contributed by atoms with Crippen molar-refractivity contribution in [2.24, 2.45) is 0 Å². The fourth-order valence-corrected chi connectivity index (χ4v) is 5.31. The smallest absolute Gasteiger partial charge is 0.141 e. The molecular formula is C34H44N4O. The van der Waals surface area contributed by atoms with E-state index in [1.165, 1.54) is 16.7 Å². The first kappa shape index (κ1) is 27.4. The fourth-order valence-electron chi connectivity index (χ4n) is 5.31. The van der Waals surface area contributed by atoms with E-state index in [-0.39, 0.29) is 5.41 Å². The van der Waals surface area contributed by atoms with Crippen molar-refractivity contribution >= 4 is 11.0 Å². The Balaban J connectivity index is 1.32. The maximum absolute atomic E-state index is 6.19. The van der Waals surface area contributed by atoms with Crippen molar-refractivity contribution in [3.8, 4) is 17.1 Å². The maximum Gasteiger partial charge on any atom is 0.141 e. The summed E-state index contributed by atoms with van der Waals surface area (Å²) in [6.07, 6.45) is 3.20. The minimum absolute atomic E-state index is 0.182. The minimum atomic E-state index is 0.182. The molecule has 0 aliphatic carbocycles. The first-order chi connectivity index (χ1) is 18.9. The number of ether oxygens (including phenoxy) is 1. The molecule has 1 saturated heterocycles. The van der Waals surface area contributed by atoms with Crippen molar-refractivity contribution in [1.29, 1.82) is 0 Å². The molecule has 5 nitrogen and oxygen atoms in total. The van der Waals surface area contributed by atoms with Gasteiger partial charge in [0.15, 0.2) is 0 Å². The maximum atomic E-state index is 6.19. The van der Waals surface area contributed by atoms with Gasteiger partial charge in [0.05, 0.1) is 11.0 Å². The van der Waals surface area contributed by atoms with E-state index in [0.29, 0.717) is 6.61 Å². The molecule has 3 aromatic carbocycles. The highest BCUT2D eigenvalue weighted by molar-refractivity contribution is 5.82. The van der Waals surface area contributed by atoms with Gasteiger partial charge >= 0.3 is 0 Å². The van der Waals surface area contributed by atoms with Crippen LogP contribution in [0.1, 0.15) is 57.2 Å². The van der Waals surface area contributed by atoms with Crippen LogP contribution in [0.4, 0.5) is 0 Å². The third-order valence-corrected chi connectivity index (χ3v) is 7.78. The van der Waals surface area contributed by atoms with Gasteiger partial charge < -0.3 is 14.6 Å². The van der Waals surface area contributed by atoms with Crippen molar-refractivity contribution in [3.05, 3.63) is 83.4 Å². The number of hydrogen-bond acceptors (Lipinski definition) is 4. The van der Waals surface area contributed by atoms with E-state index in [1.807, 2.05) is 0 Å². The molecule has 1 aromatic heterocycles. The van der Waals surface area contributed by atoms with Crippen LogP contribution in [0.3, 0.4) is 0 Å². The molecule has 1 fully saturated rings. The number of nitrogens with one attached hydrogen (secondary N) is 1. The summed E-state index contributed by atoms with van der Waals surface area (Å²) in [6, 6.07) is 24.4. The standard InChI is InChI=1S/C34H44N4O/c1-5-6-19-38-32-25-30(39-23-22-37-20-17-35-18-21-37)15-16-31(32)36-33(38)28-11-7-26(8-12-28)24-27-9-13-29(14-10-27)34(2,3)4/h7-16,25,35H,5-6,17-24H2,1-4H3. The van der Waals surface area contributed by atoms with Crippen molar-refractivity contribution < 1.29 is 4.74 Å². The van der Waals surface area contributed by atoms with Gasteiger partial charge in [0.25, 0.3) is 0 Å². The highest BCUT2D eigenvalue weighted by Gasteiger charge is 2.15. The molecule has 2 heterocycles. The Morgan fingerprint density at radius 1 is 0.872 bits per heavy atom. The van der Waals surface area contributed by atoms with Crippen LogP contribution in [0, 0.1) is 0 Å². The van der Waals surface area contributed by atoms with E-state index >= 15 is 0 Å². The van der Waals surface area contributed by atoms with Gasteiger partial charge in [-0.1, -0.05) is 82.6 Å². The molecule has 1 aliphatic rings. The van der Waals surface area contributed by atoms with Gasteiger partial charge in [-0.05, 0) is 47.1 Å². The normalized spacial score (nSPS) is 14.7. The number of nitrogens with zero attached hydrogens (tertiary/aromatic N) is 3. The second-order valence-corrected chi connectivity index (χ2v) is 11.9. The Bertz CT molecular complexity index is 1340. The van der Waals surface area contributed by atoms with Crippen LogP contribution in [-0.4, -0.2) is 53.8 Å². The van der Waals surface area contributed by atoms with E-state index in [1.54, 1.807) is 0 Å². The second-order valence-electron chi connectivity index (χ2n) is 11.9. The van der Waals surface area contributed by atoms with Gasteiger partial charge in [-0.25, -0.2) is 4.98 Å². The monoisotopic (exact) mass is 524 g/mol. The lowest BCUT2D eigenvalue weighted by molar-refractivity contribution is 0.191. The number of unbranched alkanes of at least 4 members (excludes halogenated alkanes) is 1. The molecule has 1 N–H and O–H groups in total. The van der Waals surface area contributed by atoms with Crippen molar-refractivity contribution in [2.75, 3.05) is 39.3 Å². The zero-order chi connectivity index (χ0) is 27.2. The second kappa shape index (κ2) is 12.4. The lowest BCUT2D eigenvalue weighted by Crippen LogP contribution is -2.44. The third kappa shape index (κ3) is 6.90. The van der Waals surface area contributed by atoms with Crippen LogP contribution in [0.25, 0.3) is 22.4 Å². The molecule has 0 atom stereocenters. The molecule has 5 rings (SSSR count). The molecule has 0 unspecified atom stereocenters. The van der Waals surface area contributed by atoms with Crippen LogP contribution < -0.4 is 10.1 Å². The van der Waals surface area contributed by atoms with Crippen molar-refractivity contribution in [1.82, 2.24) is 19.8 Å². The lowest BCUT2D eigenvalue weighted by Gasteiger charge is -2.26. The summed E-state index contributed by atoms with van der Waals surface area (Å²) in [6.45, 7) is 16.0. The Morgan fingerprint density at radius 3 is 2.23 bits per heavy atom. The molecule has 5 heteroatoms. The van der Waals surface area contributed by atoms with E-state index in [2.05, 4.69) is 109 Å². The van der Waals surface area contributed by atoms with Gasteiger partial charge in [0.1, 0.15) is 18.2 Å². The molecule has 0 bridgehead atoms. The van der Waals surface area contributed by atoms with Gasteiger partial charge in [-0.2, -0.15) is 0 Å². The summed E-state index contributed by atoms with van der Waals surface area (Å²) < 4.78 is 8.56. The summed E-state index contributed by atoms with van der Waals surface area (Å²) in [4.78, 5) is 7.53. The van der Waals surface area contributed by atoms with Crippen LogP contribution in [0.15, 0.2) is 66.7 Å². The number of hydrogen-bond donors (Lipinski definition) is 1. The first-order valence-corrected chi connectivity index (χ1v) is 14.7. The van der Waals surface area contributed by atoms with Crippen LogP contribution in [0.5, 0.6) is 5.75 Å². The summed E-state index contributed by atoms with van der Waals surface area (Å²) >= 11 is 0. The molecule has 1 aliphatic heterocycles. The van der Waals surface area contributed by atoms with Gasteiger partial charge in [0.2, 0.25) is 0 Å². The number of benzene rings is 3. The molecule has 0 radical (unpaired) electrons. The van der Waals surface area contributed by atoms with Crippen molar-refractivity contribution in [3.63, 3.8) is 0 Å². The van der Waals surface area contributed by atoms with Gasteiger partial charge in [-0.3, -0.25) is 4.90 Å². The van der Waals surface area contributed by atoms with Crippen molar-refractivity contribution in [2.45, 2.75) is 58.9 Å². The predicted octanol–water partition coefficient (Wildman–Crippen LogP) is 6.68. The number of rotatable bonds is 10. The average Bonchev–Trinajstić information content (AvgIpc) is 3.30. The number of aromatic nitrogens is 2. The largest absolute Gasteiger partial charge is 0.492 e. The highest BCUT2D eigenvalue weighted by Crippen LogP contribution is 2.29. The average molecular weight is 525 g/mol. The molecule has 0 saturated carbocycles. The summed E-state index contributed by atoms with van der Waals surface area (Å²) in [7, 11) is 0. The highest BCUT2D eigenvalue weighted by atomic mass is 16.5. The van der Waals surface area contributed by atoms with Crippen LogP contribution in [-0.2, 0) is 18.4 Å². The minimum Gasteiger partial charge on any atom is -0.492 e. The SMILES string of the molecule is CCCCn1c(-c2ccc(Cc3ccc(C(C)(C)C)cc3)cc2)nc2ccc(OCCN3CCNCC3)cc21. The lowest BCUT2D eigenvalue weighted by atomic mass is 9.86. The van der Waals surface area contributed by atoms with E-state index in [0.717, 1.165) is 86.7 Å². The fraction of sp³-hybridized carbons (Fsp3) is 0.441.